The number of carbonyl (C=O) groups excluding carboxylic acids is 2. The summed E-state index contributed by atoms with van der Waals surface area (Å²) in [7, 11) is 0. The normalized spacial score (nSPS) is 20.0. The second-order valence-corrected chi connectivity index (χ2v) is 9.58. The maximum absolute atomic E-state index is 13.2. The van der Waals surface area contributed by atoms with E-state index in [9.17, 15) is 27.2 Å². The van der Waals surface area contributed by atoms with E-state index in [0.717, 1.165) is 5.56 Å². The van der Waals surface area contributed by atoms with Crippen LogP contribution in [0.5, 0.6) is 5.75 Å². The lowest BCUT2D eigenvalue weighted by Crippen LogP contribution is -2.57. The summed E-state index contributed by atoms with van der Waals surface area (Å²) in [4.78, 5) is 28.3. The number of hydrogen-bond donors (Lipinski definition) is 0. The molecule has 0 saturated carbocycles. The van der Waals surface area contributed by atoms with Gasteiger partial charge in [0.25, 0.3) is 5.91 Å². The first-order chi connectivity index (χ1) is 17.6. The Labute approximate surface area is 213 Å². The Hall–Kier alpha value is -3.14. The summed E-state index contributed by atoms with van der Waals surface area (Å²) in [6.45, 7) is 4.18. The first kappa shape index (κ1) is 26.9. The van der Waals surface area contributed by atoms with Crippen LogP contribution in [0.4, 0.5) is 17.6 Å². The van der Waals surface area contributed by atoms with Gasteiger partial charge in [0.2, 0.25) is 0 Å². The van der Waals surface area contributed by atoms with E-state index in [1.165, 1.54) is 24.3 Å². The largest absolute Gasteiger partial charge is 0.494 e. The van der Waals surface area contributed by atoms with Gasteiger partial charge < -0.3 is 14.4 Å². The van der Waals surface area contributed by atoms with E-state index in [1.807, 2.05) is 36.1 Å². The number of rotatable bonds is 6. The third kappa shape index (κ3) is 6.23. The van der Waals surface area contributed by atoms with Crippen molar-refractivity contribution in [2.75, 3.05) is 32.8 Å². The molecule has 6 nitrogen and oxygen atoms in total. The Morgan fingerprint density at radius 2 is 1.65 bits per heavy atom. The summed E-state index contributed by atoms with van der Waals surface area (Å²) in [6, 6.07) is 12.7. The minimum absolute atomic E-state index is 0.147. The fraction of sp³-hybridized carbons (Fsp3) is 0.481. The van der Waals surface area contributed by atoms with Crippen molar-refractivity contribution >= 4 is 11.9 Å². The van der Waals surface area contributed by atoms with Crippen LogP contribution in [0.25, 0.3) is 0 Å². The maximum Gasteiger partial charge on any atom is 0.490 e. The molecule has 0 radical (unpaired) electrons. The molecule has 37 heavy (non-hydrogen) atoms. The number of ether oxygens (including phenoxy) is 2. The van der Waals surface area contributed by atoms with Gasteiger partial charge in [0, 0.05) is 42.7 Å². The molecular formula is C27H30F4N2O4. The Kier molecular flexibility index (Phi) is 8.06. The van der Waals surface area contributed by atoms with E-state index in [4.69, 9.17) is 9.47 Å². The number of para-hydroxylation sites is 1. The van der Waals surface area contributed by atoms with Crippen LogP contribution in [0.2, 0.25) is 0 Å². The lowest BCUT2D eigenvalue weighted by Gasteiger charge is -2.51. The van der Waals surface area contributed by atoms with Crippen molar-refractivity contribution in [3.63, 3.8) is 0 Å². The molecular weight excluding hydrogens is 492 g/mol. The fourth-order valence-electron chi connectivity index (χ4n) is 5.24. The quantitative estimate of drug-likeness (QED) is 0.402. The fourth-order valence-corrected chi connectivity index (χ4v) is 5.24. The summed E-state index contributed by atoms with van der Waals surface area (Å²) >= 11 is 0. The molecule has 1 spiro atoms. The number of carbonyl (C=O) groups is 2. The van der Waals surface area contributed by atoms with Crippen molar-refractivity contribution in [2.45, 2.75) is 45.0 Å². The molecule has 4 rings (SSSR count). The molecule has 10 heteroatoms. The van der Waals surface area contributed by atoms with Crippen molar-refractivity contribution in [2.24, 2.45) is 5.41 Å². The Bertz CT molecular complexity index is 1100. The summed E-state index contributed by atoms with van der Waals surface area (Å²) in [5, 5.41) is 0. The molecule has 2 saturated heterocycles. The Balaban J connectivity index is 1.48. The van der Waals surface area contributed by atoms with Crippen molar-refractivity contribution in [1.29, 1.82) is 0 Å². The number of piperidine rings is 2. The van der Waals surface area contributed by atoms with Crippen LogP contribution < -0.4 is 4.74 Å². The lowest BCUT2D eigenvalue weighted by molar-refractivity contribution is -0.216. The highest BCUT2D eigenvalue weighted by atomic mass is 19.4. The molecule has 2 aromatic carbocycles. The predicted octanol–water partition coefficient (Wildman–Crippen LogP) is 4.83. The number of esters is 1. The zero-order chi connectivity index (χ0) is 26.6. The molecule has 1 unspecified atom stereocenters. The van der Waals surface area contributed by atoms with E-state index >= 15 is 0 Å². The maximum atomic E-state index is 13.2. The van der Waals surface area contributed by atoms with Crippen molar-refractivity contribution in [3.8, 4) is 5.75 Å². The average Bonchev–Trinajstić information content (AvgIpc) is 2.87. The number of benzene rings is 2. The summed E-state index contributed by atoms with van der Waals surface area (Å²) in [5.74, 6) is -2.19. The monoisotopic (exact) mass is 522 g/mol. The van der Waals surface area contributed by atoms with Crippen LogP contribution >= 0.6 is 0 Å². The molecule has 0 aromatic heterocycles. The third-order valence-corrected chi connectivity index (χ3v) is 7.32. The molecule has 2 heterocycles. The SMILES string of the molecule is CCOc1ccccc1CN1CCC2(CCN(C(=O)c3ccc(F)cc3)CC2)C(OC(=O)C(F)(F)F)C1. The van der Waals surface area contributed by atoms with Crippen LogP contribution in [0.1, 0.15) is 42.1 Å². The molecule has 2 aliphatic rings. The molecule has 2 aliphatic heterocycles. The molecule has 1 amide bonds. The van der Waals surface area contributed by atoms with Crippen molar-refractivity contribution in [1.82, 2.24) is 9.80 Å². The van der Waals surface area contributed by atoms with E-state index in [0.29, 0.717) is 63.4 Å². The van der Waals surface area contributed by atoms with Crippen LogP contribution in [0.15, 0.2) is 48.5 Å². The van der Waals surface area contributed by atoms with E-state index in [-0.39, 0.29) is 12.5 Å². The lowest BCUT2D eigenvalue weighted by atomic mass is 9.69. The number of hydrogen-bond acceptors (Lipinski definition) is 5. The van der Waals surface area contributed by atoms with Crippen molar-refractivity contribution in [3.05, 3.63) is 65.5 Å². The van der Waals surface area contributed by atoms with Crippen LogP contribution in [-0.4, -0.2) is 66.7 Å². The van der Waals surface area contributed by atoms with Gasteiger partial charge >= 0.3 is 12.1 Å². The minimum Gasteiger partial charge on any atom is -0.494 e. The molecule has 1 atom stereocenters. The standard InChI is InChI=1S/C27H30F4N2O4/c1-2-36-22-6-4-3-5-20(22)17-32-14-11-26(23(18-32)37-25(35)27(29,30)31)12-15-33(16-13-26)24(34)19-7-9-21(28)10-8-19/h3-10,23H,2,11-18H2,1H3. The second kappa shape index (κ2) is 11.1. The highest BCUT2D eigenvalue weighted by Gasteiger charge is 2.51. The smallest absolute Gasteiger partial charge is 0.490 e. The minimum atomic E-state index is -5.09. The van der Waals surface area contributed by atoms with Crippen LogP contribution in [0.3, 0.4) is 0 Å². The topological polar surface area (TPSA) is 59.1 Å². The van der Waals surface area contributed by atoms with Gasteiger partial charge in [0.15, 0.2) is 0 Å². The van der Waals surface area contributed by atoms with Crippen LogP contribution in [-0.2, 0) is 16.1 Å². The molecule has 2 aromatic rings. The van der Waals surface area contributed by atoms with E-state index in [2.05, 4.69) is 0 Å². The van der Waals surface area contributed by atoms with Gasteiger partial charge in [-0.25, -0.2) is 9.18 Å². The summed E-state index contributed by atoms with van der Waals surface area (Å²) < 4.78 is 63.4. The Morgan fingerprint density at radius 3 is 2.30 bits per heavy atom. The van der Waals surface area contributed by atoms with Gasteiger partial charge in [-0.3, -0.25) is 9.69 Å². The van der Waals surface area contributed by atoms with E-state index in [1.54, 1.807) is 4.90 Å². The molecule has 2 fully saturated rings. The third-order valence-electron chi connectivity index (χ3n) is 7.32. The van der Waals surface area contributed by atoms with Crippen molar-refractivity contribution < 1.29 is 36.6 Å². The highest BCUT2D eigenvalue weighted by molar-refractivity contribution is 5.94. The number of halogens is 4. The van der Waals surface area contributed by atoms with Gasteiger partial charge in [-0.15, -0.1) is 0 Å². The molecule has 0 N–H and O–H groups in total. The average molecular weight is 523 g/mol. The zero-order valence-electron chi connectivity index (χ0n) is 20.6. The predicted molar refractivity (Wildman–Crippen MR) is 127 cm³/mol. The number of alkyl halides is 3. The Morgan fingerprint density at radius 1 is 1.00 bits per heavy atom. The number of nitrogens with zero attached hydrogens (tertiary/aromatic N) is 2. The van der Waals surface area contributed by atoms with Gasteiger partial charge in [0.1, 0.15) is 17.7 Å². The van der Waals surface area contributed by atoms with Gasteiger partial charge in [-0.2, -0.15) is 13.2 Å². The zero-order valence-corrected chi connectivity index (χ0v) is 20.6. The number of amides is 1. The van der Waals surface area contributed by atoms with Gasteiger partial charge in [0.05, 0.1) is 6.61 Å². The van der Waals surface area contributed by atoms with Gasteiger partial charge in [-0.05, 0) is 63.1 Å². The molecule has 200 valence electrons. The molecule has 0 bridgehead atoms. The number of likely N-dealkylation sites (tertiary alicyclic amines) is 2. The second-order valence-electron chi connectivity index (χ2n) is 9.58. The highest BCUT2D eigenvalue weighted by Crippen LogP contribution is 2.44. The summed E-state index contributed by atoms with van der Waals surface area (Å²) in [5.41, 5.74) is 0.581. The molecule has 0 aliphatic carbocycles. The van der Waals surface area contributed by atoms with Gasteiger partial charge in [-0.1, -0.05) is 18.2 Å². The van der Waals surface area contributed by atoms with E-state index < -0.39 is 29.5 Å². The summed E-state index contributed by atoms with van der Waals surface area (Å²) in [6.07, 6.45) is -4.74. The first-order valence-corrected chi connectivity index (χ1v) is 12.4. The van der Waals surface area contributed by atoms with Crippen LogP contribution in [0, 0.1) is 11.2 Å². The first-order valence-electron chi connectivity index (χ1n) is 12.4.